The number of rotatable bonds is 0. The molecular formula is C13H14F3N. The zero-order valence-corrected chi connectivity index (χ0v) is 10.0. The van der Waals surface area contributed by atoms with Gasteiger partial charge in [-0.15, -0.1) is 0 Å². The molecule has 0 unspecified atom stereocenters. The molecule has 0 radical (unpaired) electrons. The smallest absolute Gasteiger partial charge is 0.348 e. The molecule has 0 spiro atoms. The fraction of sp³-hybridized carbons (Fsp3) is 0.385. The van der Waals surface area contributed by atoms with Crippen LogP contribution in [0.3, 0.4) is 0 Å². The molecule has 0 aliphatic carbocycles. The molecule has 0 fully saturated rings. The van der Waals surface area contributed by atoms with E-state index in [9.17, 15) is 13.2 Å². The first-order valence-electron chi connectivity index (χ1n) is 5.31. The summed E-state index contributed by atoms with van der Waals surface area (Å²) < 4.78 is 39.0. The molecule has 0 atom stereocenters. The highest BCUT2D eigenvalue weighted by Gasteiger charge is 2.45. The number of hydrogen-bond donors (Lipinski definition) is 0. The third kappa shape index (κ3) is 1.54. The van der Waals surface area contributed by atoms with E-state index in [2.05, 4.69) is 6.58 Å². The number of likely N-dealkylation sites (N-methyl/N-ethyl adjacent to an activating group) is 1. The molecule has 0 saturated heterocycles. The van der Waals surface area contributed by atoms with Crippen LogP contribution in [0.15, 0.2) is 30.5 Å². The molecular weight excluding hydrogens is 227 g/mol. The predicted octanol–water partition coefficient (Wildman–Crippen LogP) is 3.95. The lowest BCUT2D eigenvalue weighted by atomic mass is 9.81. The second-order valence-corrected chi connectivity index (χ2v) is 4.83. The van der Waals surface area contributed by atoms with Crippen LogP contribution in [0.1, 0.15) is 25.0 Å². The standard InChI is InChI=1S/C13H14F3N/c1-8-12(2,3)11-9(13(14,15)16)6-5-7-10(11)17(8)4/h5-7H,1H2,2-4H3. The fourth-order valence-electron chi connectivity index (χ4n) is 2.42. The van der Waals surface area contributed by atoms with Crippen molar-refractivity contribution in [1.82, 2.24) is 0 Å². The van der Waals surface area contributed by atoms with Crippen LogP contribution in [0, 0.1) is 0 Å². The molecule has 92 valence electrons. The van der Waals surface area contributed by atoms with E-state index < -0.39 is 17.2 Å². The van der Waals surface area contributed by atoms with Gasteiger partial charge in [-0.05, 0) is 17.7 Å². The number of benzene rings is 1. The van der Waals surface area contributed by atoms with Crippen molar-refractivity contribution >= 4 is 5.69 Å². The second-order valence-electron chi connectivity index (χ2n) is 4.83. The lowest BCUT2D eigenvalue weighted by Crippen LogP contribution is -2.23. The van der Waals surface area contributed by atoms with Gasteiger partial charge in [-0.1, -0.05) is 26.5 Å². The van der Waals surface area contributed by atoms with Gasteiger partial charge in [-0.3, -0.25) is 0 Å². The van der Waals surface area contributed by atoms with Crippen molar-refractivity contribution in [3.8, 4) is 0 Å². The molecule has 1 aliphatic heterocycles. The molecule has 1 aliphatic rings. The van der Waals surface area contributed by atoms with Crippen LogP contribution in [0.2, 0.25) is 0 Å². The third-order valence-corrected chi connectivity index (χ3v) is 3.46. The topological polar surface area (TPSA) is 3.24 Å². The maximum Gasteiger partial charge on any atom is 0.416 e. The van der Waals surface area contributed by atoms with E-state index in [1.54, 1.807) is 31.9 Å². The van der Waals surface area contributed by atoms with Gasteiger partial charge in [0.05, 0.1) is 5.56 Å². The van der Waals surface area contributed by atoms with E-state index in [-0.39, 0.29) is 0 Å². The van der Waals surface area contributed by atoms with E-state index in [4.69, 9.17) is 0 Å². The van der Waals surface area contributed by atoms with Crippen LogP contribution in [0.25, 0.3) is 0 Å². The number of anilines is 1. The summed E-state index contributed by atoms with van der Waals surface area (Å²) in [5.41, 5.74) is 0.348. The Morgan fingerprint density at radius 3 is 2.35 bits per heavy atom. The van der Waals surface area contributed by atoms with Crippen molar-refractivity contribution in [1.29, 1.82) is 0 Å². The highest BCUT2D eigenvalue weighted by molar-refractivity contribution is 5.71. The van der Waals surface area contributed by atoms with Crippen molar-refractivity contribution in [2.24, 2.45) is 0 Å². The van der Waals surface area contributed by atoms with Gasteiger partial charge in [0.2, 0.25) is 0 Å². The Hall–Kier alpha value is -1.45. The quantitative estimate of drug-likeness (QED) is 0.664. The first kappa shape index (κ1) is 12.0. The van der Waals surface area contributed by atoms with Crippen molar-refractivity contribution in [2.75, 3.05) is 11.9 Å². The Balaban J connectivity index is 2.77. The molecule has 0 amide bonds. The minimum atomic E-state index is -4.33. The van der Waals surface area contributed by atoms with Crippen LogP contribution < -0.4 is 4.90 Å². The van der Waals surface area contributed by atoms with E-state index in [1.165, 1.54) is 6.07 Å². The predicted molar refractivity (Wildman–Crippen MR) is 62.0 cm³/mol. The van der Waals surface area contributed by atoms with Crippen molar-refractivity contribution < 1.29 is 13.2 Å². The van der Waals surface area contributed by atoms with Gasteiger partial charge in [0.1, 0.15) is 0 Å². The van der Waals surface area contributed by atoms with Gasteiger partial charge < -0.3 is 4.90 Å². The Labute approximate surface area is 98.5 Å². The number of allylic oxidation sites excluding steroid dienone is 1. The summed E-state index contributed by atoms with van der Waals surface area (Å²) in [4.78, 5) is 1.73. The molecule has 1 heterocycles. The number of alkyl halides is 3. The Bertz CT molecular complexity index is 486. The van der Waals surface area contributed by atoms with E-state index >= 15 is 0 Å². The highest BCUT2D eigenvalue weighted by Crippen LogP contribution is 2.50. The van der Waals surface area contributed by atoms with Crippen LogP contribution in [-0.4, -0.2) is 7.05 Å². The Morgan fingerprint density at radius 1 is 1.24 bits per heavy atom. The minimum Gasteiger partial charge on any atom is -0.348 e. The first-order chi connectivity index (χ1) is 7.67. The summed E-state index contributed by atoms with van der Waals surface area (Å²) in [7, 11) is 1.75. The van der Waals surface area contributed by atoms with Crippen LogP contribution >= 0.6 is 0 Å². The van der Waals surface area contributed by atoms with Crippen LogP contribution in [0.5, 0.6) is 0 Å². The maximum atomic E-state index is 13.0. The summed E-state index contributed by atoms with van der Waals surface area (Å²) in [6, 6.07) is 4.27. The van der Waals surface area contributed by atoms with E-state index in [0.29, 0.717) is 16.9 Å². The van der Waals surface area contributed by atoms with Gasteiger partial charge in [0, 0.05) is 23.8 Å². The number of halogens is 3. The summed E-state index contributed by atoms with van der Waals surface area (Å²) in [5.74, 6) is 0. The fourth-order valence-corrected chi connectivity index (χ4v) is 2.42. The number of nitrogens with zero attached hydrogens (tertiary/aromatic N) is 1. The summed E-state index contributed by atoms with van der Waals surface area (Å²) in [6.45, 7) is 7.43. The molecule has 1 aromatic rings. The van der Waals surface area contributed by atoms with E-state index in [0.717, 1.165) is 6.07 Å². The molecule has 4 heteroatoms. The van der Waals surface area contributed by atoms with Crippen LogP contribution in [0.4, 0.5) is 18.9 Å². The summed E-state index contributed by atoms with van der Waals surface area (Å²) >= 11 is 0. The van der Waals surface area contributed by atoms with Crippen molar-refractivity contribution in [2.45, 2.75) is 25.4 Å². The van der Waals surface area contributed by atoms with Gasteiger partial charge >= 0.3 is 6.18 Å². The first-order valence-corrected chi connectivity index (χ1v) is 5.31. The van der Waals surface area contributed by atoms with Gasteiger partial charge in [0.15, 0.2) is 0 Å². The van der Waals surface area contributed by atoms with Crippen LogP contribution in [-0.2, 0) is 11.6 Å². The summed E-state index contributed by atoms with van der Waals surface area (Å²) in [5, 5.41) is 0. The van der Waals surface area contributed by atoms with Gasteiger partial charge in [-0.2, -0.15) is 13.2 Å². The Morgan fingerprint density at radius 2 is 1.82 bits per heavy atom. The van der Waals surface area contributed by atoms with Crippen molar-refractivity contribution in [3.63, 3.8) is 0 Å². The SMILES string of the molecule is C=C1N(C)c2cccc(C(F)(F)F)c2C1(C)C. The normalized spacial score (nSPS) is 18.5. The molecule has 1 nitrogen and oxygen atoms in total. The monoisotopic (exact) mass is 241 g/mol. The zero-order chi connectivity index (χ0) is 13.0. The Kier molecular flexibility index (Phi) is 2.32. The lowest BCUT2D eigenvalue weighted by Gasteiger charge is -2.24. The minimum absolute atomic E-state index is 0.319. The molecule has 0 bridgehead atoms. The van der Waals surface area contributed by atoms with Crippen molar-refractivity contribution in [3.05, 3.63) is 41.6 Å². The third-order valence-electron chi connectivity index (χ3n) is 3.46. The summed E-state index contributed by atoms with van der Waals surface area (Å²) in [6.07, 6.45) is -4.33. The molecule has 17 heavy (non-hydrogen) atoms. The number of fused-ring (bicyclic) bond motifs is 1. The lowest BCUT2D eigenvalue weighted by molar-refractivity contribution is -0.138. The highest BCUT2D eigenvalue weighted by atomic mass is 19.4. The molecule has 0 N–H and O–H groups in total. The number of hydrogen-bond acceptors (Lipinski definition) is 1. The average Bonchev–Trinajstić information content (AvgIpc) is 2.40. The average molecular weight is 241 g/mol. The molecule has 1 aromatic carbocycles. The second kappa shape index (κ2) is 3.28. The molecule has 0 saturated carbocycles. The zero-order valence-electron chi connectivity index (χ0n) is 10.0. The molecule has 0 aromatic heterocycles. The van der Waals surface area contributed by atoms with E-state index in [1.807, 2.05) is 0 Å². The largest absolute Gasteiger partial charge is 0.416 e. The molecule has 2 rings (SSSR count). The van der Waals surface area contributed by atoms with Gasteiger partial charge in [0.25, 0.3) is 0 Å². The maximum absolute atomic E-state index is 13.0. The van der Waals surface area contributed by atoms with Gasteiger partial charge in [-0.25, -0.2) is 0 Å².